The number of aromatic amines is 1. The molecule has 2 aromatic rings. The molecule has 1 saturated heterocycles. The first-order valence-corrected chi connectivity index (χ1v) is 12.5. The Morgan fingerprint density at radius 2 is 1.97 bits per heavy atom. The summed E-state index contributed by atoms with van der Waals surface area (Å²) in [4.78, 5) is 20.9. The summed E-state index contributed by atoms with van der Waals surface area (Å²) in [6.45, 7) is 4.53. The van der Waals surface area contributed by atoms with Crippen LogP contribution in [0.4, 0.5) is 13.2 Å². The molecule has 34 heavy (non-hydrogen) atoms. The largest absolute Gasteiger partial charge is 0.401 e. The maximum absolute atomic E-state index is 13.0. The van der Waals surface area contributed by atoms with Crippen molar-refractivity contribution in [3.8, 4) is 0 Å². The number of Topliss-reactive ketones (excluding diaryl/α,β-unsaturated/α-hetero) is 1. The van der Waals surface area contributed by atoms with Gasteiger partial charge in [0.1, 0.15) is 0 Å². The van der Waals surface area contributed by atoms with Crippen molar-refractivity contribution in [3.63, 3.8) is 0 Å². The molecule has 1 N–H and O–H groups in total. The van der Waals surface area contributed by atoms with Gasteiger partial charge < -0.3 is 4.98 Å². The SMILES string of the molecule is C=CC(=CC=C(C)CCC(=O)c1cc2cnccc2[nH]1)S(=O)(=O)C1CCN(CC(F)(F)F)CC1. The number of ketones is 1. The van der Waals surface area contributed by atoms with Gasteiger partial charge in [-0.25, -0.2) is 8.42 Å². The Morgan fingerprint density at radius 1 is 1.26 bits per heavy atom. The van der Waals surface area contributed by atoms with Crippen LogP contribution in [0.5, 0.6) is 0 Å². The number of halogens is 3. The zero-order valence-electron chi connectivity index (χ0n) is 18.9. The molecular formula is C24H28F3N3O3S. The van der Waals surface area contributed by atoms with Crippen LogP contribution >= 0.6 is 0 Å². The summed E-state index contributed by atoms with van der Waals surface area (Å²) < 4.78 is 63.7. The molecule has 0 aromatic carbocycles. The fourth-order valence-corrected chi connectivity index (χ4v) is 5.68. The third-order valence-corrected chi connectivity index (χ3v) is 8.21. The van der Waals surface area contributed by atoms with E-state index in [0.717, 1.165) is 16.5 Å². The molecule has 3 rings (SSSR count). The number of aromatic nitrogens is 2. The molecule has 0 atom stereocenters. The number of fused-ring (bicyclic) bond motifs is 1. The van der Waals surface area contributed by atoms with E-state index in [1.807, 2.05) is 6.92 Å². The molecule has 0 bridgehead atoms. The van der Waals surface area contributed by atoms with Gasteiger partial charge in [-0.3, -0.25) is 14.7 Å². The molecule has 10 heteroatoms. The average molecular weight is 496 g/mol. The third-order valence-electron chi connectivity index (χ3n) is 5.91. The first-order chi connectivity index (χ1) is 16.0. The number of carbonyl (C=O) groups excluding carboxylic acids is 1. The van der Waals surface area contributed by atoms with Crippen molar-refractivity contribution in [3.05, 3.63) is 65.5 Å². The highest BCUT2D eigenvalue weighted by Gasteiger charge is 2.36. The Labute approximate surface area is 197 Å². The zero-order chi connectivity index (χ0) is 24.9. The van der Waals surface area contributed by atoms with E-state index in [0.29, 0.717) is 12.1 Å². The molecule has 1 fully saturated rings. The van der Waals surface area contributed by atoms with Gasteiger partial charge in [0.25, 0.3) is 0 Å². The van der Waals surface area contributed by atoms with E-state index in [4.69, 9.17) is 0 Å². The lowest BCUT2D eigenvalue weighted by molar-refractivity contribution is -0.147. The zero-order valence-corrected chi connectivity index (χ0v) is 19.8. The second kappa shape index (κ2) is 10.7. The first-order valence-electron chi connectivity index (χ1n) is 11.0. The van der Waals surface area contributed by atoms with Crippen molar-refractivity contribution in [1.29, 1.82) is 0 Å². The van der Waals surface area contributed by atoms with Crippen LogP contribution in [0, 0.1) is 0 Å². The highest BCUT2D eigenvalue weighted by atomic mass is 32.2. The normalized spacial score (nSPS) is 17.3. The summed E-state index contributed by atoms with van der Waals surface area (Å²) in [6, 6.07) is 3.55. The number of rotatable bonds is 9. The van der Waals surface area contributed by atoms with E-state index in [2.05, 4.69) is 16.5 Å². The summed E-state index contributed by atoms with van der Waals surface area (Å²) in [5, 5.41) is 0.110. The van der Waals surface area contributed by atoms with Crippen molar-refractivity contribution in [2.75, 3.05) is 19.6 Å². The Bertz CT molecular complexity index is 1170. The van der Waals surface area contributed by atoms with Gasteiger partial charge in [0.15, 0.2) is 15.6 Å². The highest BCUT2D eigenvalue weighted by molar-refractivity contribution is 7.96. The minimum atomic E-state index is -4.30. The molecule has 2 aromatic heterocycles. The van der Waals surface area contributed by atoms with Crippen molar-refractivity contribution in [1.82, 2.24) is 14.9 Å². The number of hydrogen-bond donors (Lipinski definition) is 1. The number of alkyl halides is 3. The van der Waals surface area contributed by atoms with Crippen LogP contribution in [-0.4, -0.2) is 60.1 Å². The van der Waals surface area contributed by atoms with Gasteiger partial charge in [-0.2, -0.15) is 13.2 Å². The number of H-pyrrole nitrogens is 1. The topological polar surface area (TPSA) is 83.1 Å². The number of sulfone groups is 1. The van der Waals surface area contributed by atoms with Gasteiger partial charge in [0.2, 0.25) is 0 Å². The van der Waals surface area contributed by atoms with Crippen LogP contribution in [0.25, 0.3) is 10.9 Å². The van der Waals surface area contributed by atoms with Crippen molar-refractivity contribution >= 4 is 26.5 Å². The van der Waals surface area contributed by atoms with E-state index in [1.165, 1.54) is 17.1 Å². The van der Waals surface area contributed by atoms with Crippen LogP contribution in [0.1, 0.15) is 43.1 Å². The lowest BCUT2D eigenvalue weighted by Crippen LogP contribution is -2.43. The standard InChI is InChI=1S/C24H28F3N3O3S/c1-3-19(34(32,33)20-9-12-30(13-10-20)16-24(25,26)27)6-4-17(2)5-7-23(31)22-14-18-15-28-11-8-21(18)29-22/h3-4,6,8,11,14-15,20,29H,1,5,7,9-10,12-13,16H2,2H3. The maximum atomic E-state index is 13.0. The molecule has 0 unspecified atom stereocenters. The van der Waals surface area contributed by atoms with Crippen LogP contribution in [0.15, 0.2) is 59.8 Å². The molecule has 3 heterocycles. The molecule has 0 saturated carbocycles. The van der Waals surface area contributed by atoms with Crippen molar-refractivity contribution in [2.24, 2.45) is 0 Å². The van der Waals surface area contributed by atoms with Crippen LogP contribution in [-0.2, 0) is 9.84 Å². The lowest BCUT2D eigenvalue weighted by Gasteiger charge is -2.32. The monoisotopic (exact) mass is 495 g/mol. The molecule has 6 nitrogen and oxygen atoms in total. The summed E-state index contributed by atoms with van der Waals surface area (Å²) in [7, 11) is -3.71. The Kier molecular flexibility index (Phi) is 8.14. The number of allylic oxidation sites excluding steroid dienone is 4. The number of nitrogens with zero attached hydrogens (tertiary/aromatic N) is 2. The van der Waals surface area contributed by atoms with E-state index >= 15 is 0 Å². The fourth-order valence-electron chi connectivity index (χ4n) is 3.98. The minimum absolute atomic E-state index is 0.0376. The van der Waals surface area contributed by atoms with E-state index in [9.17, 15) is 26.4 Å². The maximum Gasteiger partial charge on any atom is 0.401 e. The number of hydrogen-bond acceptors (Lipinski definition) is 5. The molecule has 184 valence electrons. The van der Waals surface area contributed by atoms with Crippen LogP contribution < -0.4 is 0 Å². The van der Waals surface area contributed by atoms with Gasteiger partial charge in [0.05, 0.1) is 22.4 Å². The number of nitrogens with one attached hydrogen (secondary N) is 1. The minimum Gasteiger partial charge on any atom is -0.352 e. The average Bonchev–Trinajstić information content (AvgIpc) is 3.21. The van der Waals surface area contributed by atoms with Crippen LogP contribution in [0.2, 0.25) is 0 Å². The third kappa shape index (κ3) is 6.66. The Morgan fingerprint density at radius 3 is 2.59 bits per heavy atom. The summed E-state index contributed by atoms with van der Waals surface area (Å²) >= 11 is 0. The van der Waals surface area contributed by atoms with Gasteiger partial charge >= 0.3 is 6.18 Å². The van der Waals surface area contributed by atoms with Gasteiger partial charge in [-0.15, -0.1) is 0 Å². The molecule has 0 radical (unpaired) electrons. The predicted molar refractivity (Wildman–Crippen MR) is 126 cm³/mol. The fraction of sp³-hybridized carbons (Fsp3) is 0.417. The molecule has 1 aliphatic heterocycles. The van der Waals surface area contributed by atoms with E-state index < -0.39 is 27.8 Å². The summed E-state index contributed by atoms with van der Waals surface area (Å²) in [6.07, 6.45) is 4.36. The van der Waals surface area contributed by atoms with E-state index in [1.54, 1.807) is 30.6 Å². The van der Waals surface area contributed by atoms with E-state index in [-0.39, 0.29) is 43.0 Å². The second-order valence-electron chi connectivity index (χ2n) is 8.49. The quantitative estimate of drug-likeness (QED) is 0.392. The number of piperidine rings is 1. The number of carbonyl (C=O) groups is 1. The molecule has 0 amide bonds. The Balaban J connectivity index is 1.59. The number of pyridine rings is 1. The predicted octanol–water partition coefficient (Wildman–Crippen LogP) is 4.98. The van der Waals surface area contributed by atoms with Gasteiger partial charge in [-0.05, 0) is 57.5 Å². The smallest absolute Gasteiger partial charge is 0.352 e. The van der Waals surface area contributed by atoms with Gasteiger partial charge in [0, 0.05) is 29.7 Å². The second-order valence-corrected chi connectivity index (χ2v) is 10.7. The van der Waals surface area contributed by atoms with Crippen molar-refractivity contribution in [2.45, 2.75) is 44.0 Å². The summed E-state index contributed by atoms with van der Waals surface area (Å²) in [5.41, 5.74) is 2.15. The van der Waals surface area contributed by atoms with Crippen LogP contribution in [0.3, 0.4) is 0 Å². The first kappa shape index (κ1) is 25.9. The number of likely N-dealkylation sites (tertiary alicyclic amines) is 1. The Hall–Kier alpha value is -2.72. The molecule has 0 aliphatic carbocycles. The van der Waals surface area contributed by atoms with Gasteiger partial charge in [-0.1, -0.05) is 24.3 Å². The lowest BCUT2D eigenvalue weighted by atomic mass is 10.1. The summed E-state index contributed by atoms with van der Waals surface area (Å²) in [5.74, 6) is -0.0601. The highest BCUT2D eigenvalue weighted by Crippen LogP contribution is 2.27. The molecule has 0 spiro atoms. The molecule has 1 aliphatic rings. The van der Waals surface area contributed by atoms with Crippen molar-refractivity contribution < 1.29 is 26.4 Å². The molecular weight excluding hydrogens is 467 g/mol.